The molecule has 3 heteroatoms. The van der Waals surface area contributed by atoms with Crippen LogP contribution in [0.5, 0.6) is 0 Å². The van der Waals surface area contributed by atoms with E-state index in [1.54, 1.807) is 0 Å². The van der Waals surface area contributed by atoms with Crippen molar-refractivity contribution in [2.75, 3.05) is 0 Å². The summed E-state index contributed by atoms with van der Waals surface area (Å²) in [6, 6.07) is 16.5. The molecule has 0 spiro atoms. The number of ketones is 1. The third-order valence-corrected chi connectivity index (χ3v) is 5.20. The third kappa shape index (κ3) is 4.53. The van der Waals surface area contributed by atoms with Crippen LogP contribution in [0.25, 0.3) is 12.2 Å². The number of Topliss-reactive ketones (excluding diaryl/α,β-unsaturated/α-hetero) is 1. The van der Waals surface area contributed by atoms with E-state index >= 15 is 0 Å². The number of halogens is 2. The van der Waals surface area contributed by atoms with E-state index in [4.69, 9.17) is 0 Å². The second kappa shape index (κ2) is 7.75. The number of benzene rings is 2. The van der Waals surface area contributed by atoms with Gasteiger partial charge in [0, 0.05) is 18.3 Å². The van der Waals surface area contributed by atoms with E-state index in [-0.39, 0.29) is 5.78 Å². The number of carbonyl (C=O) groups is 1. The van der Waals surface area contributed by atoms with Crippen molar-refractivity contribution in [3.8, 4) is 0 Å². The molecule has 0 amide bonds. The first-order chi connectivity index (χ1) is 11.1. The lowest BCUT2D eigenvalue weighted by Crippen LogP contribution is -2.12. The van der Waals surface area contributed by atoms with Gasteiger partial charge in [0.1, 0.15) is 0 Å². The van der Waals surface area contributed by atoms with E-state index in [0.717, 1.165) is 41.5 Å². The van der Waals surface area contributed by atoms with Crippen LogP contribution in [0.1, 0.15) is 30.4 Å². The van der Waals surface area contributed by atoms with Crippen molar-refractivity contribution >= 4 is 63.1 Å². The predicted octanol–water partition coefficient (Wildman–Crippen LogP) is 6.12. The molecule has 0 atom stereocenters. The molecule has 0 bridgehead atoms. The monoisotopic (exact) mass is 526 g/mol. The molecule has 3 rings (SSSR count). The Labute approximate surface area is 164 Å². The Balaban J connectivity index is 1.89. The van der Waals surface area contributed by atoms with Gasteiger partial charge in [0.15, 0.2) is 5.78 Å². The highest BCUT2D eigenvalue weighted by atomic mass is 127. The van der Waals surface area contributed by atoms with Crippen LogP contribution in [0.3, 0.4) is 0 Å². The smallest absolute Gasteiger partial charge is 0.185 e. The van der Waals surface area contributed by atoms with Crippen LogP contribution in [0.15, 0.2) is 59.7 Å². The number of allylic oxidation sites excluding steroid dienone is 2. The molecule has 1 saturated carbocycles. The molecular weight excluding hydrogens is 510 g/mol. The first-order valence-corrected chi connectivity index (χ1v) is 9.74. The third-order valence-electron chi connectivity index (χ3n) is 3.85. The lowest BCUT2D eigenvalue weighted by molar-refractivity contribution is -0.112. The Morgan fingerprint density at radius 1 is 0.783 bits per heavy atom. The highest BCUT2D eigenvalue weighted by Crippen LogP contribution is 2.28. The zero-order valence-corrected chi connectivity index (χ0v) is 16.9. The fourth-order valence-electron chi connectivity index (χ4n) is 2.77. The summed E-state index contributed by atoms with van der Waals surface area (Å²) in [5.41, 5.74) is 4.07. The van der Waals surface area contributed by atoms with Crippen LogP contribution in [0.4, 0.5) is 0 Å². The topological polar surface area (TPSA) is 17.1 Å². The maximum Gasteiger partial charge on any atom is 0.185 e. The zero-order chi connectivity index (χ0) is 16.2. The van der Waals surface area contributed by atoms with Gasteiger partial charge in [-0.3, -0.25) is 4.79 Å². The largest absolute Gasteiger partial charge is 0.289 e. The lowest BCUT2D eigenvalue weighted by atomic mass is 9.87. The summed E-state index contributed by atoms with van der Waals surface area (Å²) < 4.78 is 2.38. The van der Waals surface area contributed by atoms with Gasteiger partial charge >= 0.3 is 0 Å². The van der Waals surface area contributed by atoms with E-state index in [0.29, 0.717) is 0 Å². The average Bonchev–Trinajstić information content (AvgIpc) is 2.51. The molecule has 2 aromatic rings. The Morgan fingerprint density at radius 2 is 1.26 bits per heavy atom. The van der Waals surface area contributed by atoms with Crippen molar-refractivity contribution in [3.63, 3.8) is 0 Å². The first-order valence-electron chi connectivity index (χ1n) is 7.59. The minimum atomic E-state index is 0.203. The lowest BCUT2D eigenvalue weighted by Gasteiger charge is -2.16. The summed E-state index contributed by atoms with van der Waals surface area (Å²) in [5, 5.41) is 0. The Bertz CT molecular complexity index is 737. The Hall–Kier alpha value is -0.950. The molecule has 1 nitrogen and oxygen atoms in total. The molecule has 2 aromatic carbocycles. The molecule has 0 aromatic heterocycles. The highest BCUT2D eigenvalue weighted by molar-refractivity contribution is 14.1. The Kier molecular flexibility index (Phi) is 5.69. The van der Waals surface area contributed by atoms with Crippen molar-refractivity contribution in [1.82, 2.24) is 0 Å². The van der Waals surface area contributed by atoms with E-state index in [1.165, 1.54) is 7.14 Å². The van der Waals surface area contributed by atoms with Crippen molar-refractivity contribution in [2.24, 2.45) is 0 Å². The van der Waals surface area contributed by atoms with Gasteiger partial charge in [-0.05, 0) is 112 Å². The van der Waals surface area contributed by atoms with E-state index in [9.17, 15) is 4.79 Å². The minimum Gasteiger partial charge on any atom is -0.289 e. The molecule has 1 aliphatic rings. The number of rotatable bonds is 2. The molecular formula is C20H16I2O. The molecule has 23 heavy (non-hydrogen) atoms. The first kappa shape index (κ1) is 16.9. The Morgan fingerprint density at radius 3 is 1.70 bits per heavy atom. The minimum absolute atomic E-state index is 0.203. The van der Waals surface area contributed by atoms with E-state index in [2.05, 4.69) is 81.6 Å². The predicted molar refractivity (Wildman–Crippen MR) is 113 cm³/mol. The van der Waals surface area contributed by atoms with Crippen molar-refractivity contribution in [1.29, 1.82) is 0 Å². The average molecular weight is 526 g/mol. The fourth-order valence-corrected chi connectivity index (χ4v) is 3.91. The van der Waals surface area contributed by atoms with Crippen LogP contribution >= 0.6 is 45.2 Å². The summed E-state index contributed by atoms with van der Waals surface area (Å²) in [6.07, 6.45) is 6.87. The van der Waals surface area contributed by atoms with Crippen LogP contribution in [-0.4, -0.2) is 5.78 Å². The van der Waals surface area contributed by atoms with Gasteiger partial charge in [-0.15, -0.1) is 0 Å². The summed E-state index contributed by atoms with van der Waals surface area (Å²) in [7, 11) is 0. The molecule has 0 heterocycles. The van der Waals surface area contributed by atoms with Gasteiger partial charge in [-0.1, -0.05) is 24.3 Å². The van der Waals surface area contributed by atoms with Crippen molar-refractivity contribution in [2.45, 2.75) is 19.3 Å². The molecule has 1 aliphatic carbocycles. The number of hydrogen-bond donors (Lipinski definition) is 0. The van der Waals surface area contributed by atoms with Crippen LogP contribution in [-0.2, 0) is 4.79 Å². The van der Waals surface area contributed by atoms with Gasteiger partial charge in [0.05, 0.1) is 0 Å². The summed E-state index contributed by atoms with van der Waals surface area (Å²) in [6.45, 7) is 0. The molecule has 0 unspecified atom stereocenters. The fraction of sp³-hybridized carbons (Fsp3) is 0.150. The van der Waals surface area contributed by atoms with Gasteiger partial charge in [0.2, 0.25) is 0 Å². The van der Waals surface area contributed by atoms with E-state index in [1.807, 2.05) is 24.3 Å². The standard InChI is InChI=1S/C20H16I2O/c21-18-8-1-4-14(12-18)10-16-6-3-7-17(20(16)23)11-15-5-2-9-19(22)13-15/h1-2,4-5,8-13H,3,6-7H2/b16-10+,17-11+. The van der Waals surface area contributed by atoms with Gasteiger partial charge in [-0.25, -0.2) is 0 Å². The van der Waals surface area contributed by atoms with Crippen LogP contribution in [0, 0.1) is 7.14 Å². The van der Waals surface area contributed by atoms with Gasteiger partial charge in [0.25, 0.3) is 0 Å². The highest BCUT2D eigenvalue weighted by Gasteiger charge is 2.20. The second-order valence-corrected chi connectivity index (χ2v) is 8.12. The quantitative estimate of drug-likeness (QED) is 0.341. The molecule has 0 saturated heterocycles. The second-order valence-electron chi connectivity index (χ2n) is 5.63. The van der Waals surface area contributed by atoms with Crippen molar-refractivity contribution in [3.05, 3.63) is 77.9 Å². The van der Waals surface area contributed by atoms with Crippen LogP contribution in [0.2, 0.25) is 0 Å². The summed E-state index contributed by atoms with van der Waals surface area (Å²) >= 11 is 4.60. The summed E-state index contributed by atoms with van der Waals surface area (Å²) in [5.74, 6) is 0.203. The molecule has 0 N–H and O–H groups in total. The van der Waals surface area contributed by atoms with Gasteiger partial charge in [-0.2, -0.15) is 0 Å². The van der Waals surface area contributed by atoms with Crippen LogP contribution < -0.4 is 0 Å². The van der Waals surface area contributed by atoms with Crippen molar-refractivity contribution < 1.29 is 4.79 Å². The maximum atomic E-state index is 12.8. The zero-order valence-electron chi connectivity index (χ0n) is 12.6. The van der Waals surface area contributed by atoms with Gasteiger partial charge < -0.3 is 0 Å². The normalized spacial score (nSPS) is 18.6. The SMILES string of the molecule is O=C1/C(=C/c2cccc(I)c2)CCC/C1=C\c1cccc(I)c1. The molecule has 0 radical (unpaired) electrons. The molecule has 0 aliphatic heterocycles. The number of hydrogen-bond acceptors (Lipinski definition) is 1. The molecule has 116 valence electrons. The summed E-state index contributed by atoms with van der Waals surface area (Å²) in [4.78, 5) is 12.8. The number of carbonyl (C=O) groups excluding carboxylic acids is 1. The van der Waals surface area contributed by atoms with E-state index < -0.39 is 0 Å². The maximum absolute atomic E-state index is 12.8. The molecule has 1 fully saturated rings.